The lowest BCUT2D eigenvalue weighted by molar-refractivity contribution is 0.200. The van der Waals surface area contributed by atoms with Crippen molar-refractivity contribution in [2.45, 2.75) is 39.3 Å². The molecule has 1 aromatic rings. The van der Waals surface area contributed by atoms with E-state index in [0.29, 0.717) is 18.5 Å². The molecule has 0 saturated heterocycles. The minimum absolute atomic E-state index is 0.491. The first-order chi connectivity index (χ1) is 11.6. The molecule has 24 heavy (non-hydrogen) atoms. The number of guanidine groups is 1. The summed E-state index contributed by atoms with van der Waals surface area (Å²) in [6.45, 7) is 6.09. The molecule has 0 spiro atoms. The van der Waals surface area contributed by atoms with Gasteiger partial charge in [-0.25, -0.2) is 0 Å². The Morgan fingerprint density at radius 2 is 1.83 bits per heavy atom. The maximum Gasteiger partial charge on any atom is 0.191 e. The van der Waals surface area contributed by atoms with Crippen LogP contribution in [0.4, 0.5) is 0 Å². The molecule has 0 aliphatic carbocycles. The van der Waals surface area contributed by atoms with Crippen molar-refractivity contribution >= 4 is 5.96 Å². The molecule has 1 aromatic carbocycles. The molecule has 1 rings (SSSR count). The molecule has 0 aliphatic heterocycles. The van der Waals surface area contributed by atoms with Gasteiger partial charge in [-0.3, -0.25) is 4.99 Å². The molecule has 5 heteroatoms. The Morgan fingerprint density at radius 1 is 1.17 bits per heavy atom. The van der Waals surface area contributed by atoms with E-state index in [1.54, 1.807) is 14.2 Å². The van der Waals surface area contributed by atoms with Gasteiger partial charge in [-0.1, -0.05) is 44.9 Å². The Bertz CT molecular complexity index is 498. The van der Waals surface area contributed by atoms with Crippen LogP contribution < -0.4 is 15.4 Å². The molecule has 0 heterocycles. The summed E-state index contributed by atoms with van der Waals surface area (Å²) < 4.78 is 5.39. The Balaban J connectivity index is 2.61. The summed E-state index contributed by atoms with van der Waals surface area (Å²) in [5.74, 6) is 2.39. The number of nitrogens with one attached hydrogen (secondary N) is 2. The molecule has 0 fully saturated rings. The monoisotopic (exact) mass is 334 g/mol. The molecule has 136 valence electrons. The van der Waals surface area contributed by atoms with E-state index in [4.69, 9.17) is 4.74 Å². The Morgan fingerprint density at radius 3 is 2.38 bits per heavy atom. The first-order valence-corrected chi connectivity index (χ1v) is 8.80. The van der Waals surface area contributed by atoms with Gasteiger partial charge in [-0.05, 0) is 26.1 Å². The summed E-state index contributed by atoms with van der Waals surface area (Å²) in [6, 6.07) is 8.52. The van der Waals surface area contributed by atoms with Crippen molar-refractivity contribution in [1.82, 2.24) is 15.5 Å². The second-order valence-corrected chi connectivity index (χ2v) is 6.23. The molecule has 0 aliphatic rings. The molecule has 1 unspecified atom stereocenters. The summed E-state index contributed by atoms with van der Waals surface area (Å²) in [7, 11) is 7.80. The zero-order valence-electron chi connectivity index (χ0n) is 16.1. The minimum Gasteiger partial charge on any atom is -0.496 e. The van der Waals surface area contributed by atoms with E-state index in [0.717, 1.165) is 23.8 Å². The SMILES string of the molecule is CCC(CC)C(CNC(=NC)NCc1ccccc1OC)N(C)C. The predicted molar refractivity (Wildman–Crippen MR) is 103 cm³/mol. The number of ether oxygens (including phenoxy) is 1. The molecule has 0 amide bonds. The molecular formula is C19H34N4O. The van der Waals surface area contributed by atoms with E-state index in [9.17, 15) is 0 Å². The van der Waals surface area contributed by atoms with Gasteiger partial charge in [0.15, 0.2) is 5.96 Å². The fraction of sp³-hybridized carbons (Fsp3) is 0.632. The Kier molecular flexibility index (Phi) is 9.23. The third kappa shape index (κ3) is 6.04. The quantitative estimate of drug-likeness (QED) is 0.538. The highest BCUT2D eigenvalue weighted by molar-refractivity contribution is 5.79. The maximum atomic E-state index is 5.39. The van der Waals surface area contributed by atoms with Gasteiger partial charge in [-0.2, -0.15) is 0 Å². The highest BCUT2D eigenvalue weighted by Crippen LogP contribution is 2.17. The zero-order chi connectivity index (χ0) is 17.9. The van der Waals surface area contributed by atoms with Gasteiger partial charge in [-0.15, -0.1) is 0 Å². The Hall–Kier alpha value is -1.75. The molecule has 0 saturated carbocycles. The molecular weight excluding hydrogens is 300 g/mol. The van der Waals surface area contributed by atoms with E-state index in [1.807, 2.05) is 18.2 Å². The zero-order valence-corrected chi connectivity index (χ0v) is 16.1. The summed E-state index contributed by atoms with van der Waals surface area (Å²) in [5.41, 5.74) is 1.12. The number of benzene rings is 1. The highest BCUT2D eigenvalue weighted by Gasteiger charge is 2.20. The first-order valence-electron chi connectivity index (χ1n) is 8.80. The highest BCUT2D eigenvalue weighted by atomic mass is 16.5. The van der Waals surface area contributed by atoms with Crippen LogP contribution in [0.5, 0.6) is 5.75 Å². The minimum atomic E-state index is 0.491. The van der Waals surface area contributed by atoms with E-state index >= 15 is 0 Å². The fourth-order valence-electron chi connectivity index (χ4n) is 3.05. The molecule has 5 nitrogen and oxygen atoms in total. The van der Waals surface area contributed by atoms with Crippen molar-refractivity contribution in [3.63, 3.8) is 0 Å². The molecule has 2 N–H and O–H groups in total. The maximum absolute atomic E-state index is 5.39. The van der Waals surface area contributed by atoms with Crippen LogP contribution in [0.25, 0.3) is 0 Å². The summed E-state index contributed by atoms with van der Waals surface area (Å²) in [5, 5.41) is 6.83. The van der Waals surface area contributed by atoms with Crippen molar-refractivity contribution in [3.8, 4) is 5.75 Å². The van der Waals surface area contributed by atoms with Crippen molar-refractivity contribution in [3.05, 3.63) is 29.8 Å². The van der Waals surface area contributed by atoms with Crippen molar-refractivity contribution < 1.29 is 4.74 Å². The van der Waals surface area contributed by atoms with Crippen LogP contribution in [0, 0.1) is 5.92 Å². The number of para-hydroxylation sites is 1. The lowest BCUT2D eigenvalue weighted by atomic mass is 9.93. The van der Waals surface area contributed by atoms with Crippen LogP contribution in [-0.4, -0.2) is 51.7 Å². The number of aliphatic imine (C=N–C) groups is 1. The van der Waals surface area contributed by atoms with Crippen LogP contribution in [0.1, 0.15) is 32.3 Å². The topological polar surface area (TPSA) is 48.9 Å². The van der Waals surface area contributed by atoms with Crippen molar-refractivity contribution in [2.24, 2.45) is 10.9 Å². The molecule has 0 bridgehead atoms. The number of hydrogen-bond acceptors (Lipinski definition) is 3. The largest absolute Gasteiger partial charge is 0.496 e. The second-order valence-electron chi connectivity index (χ2n) is 6.23. The number of hydrogen-bond donors (Lipinski definition) is 2. The summed E-state index contributed by atoms with van der Waals surface area (Å²) in [6.07, 6.45) is 2.38. The number of methoxy groups -OCH3 is 1. The van der Waals surface area contributed by atoms with Gasteiger partial charge >= 0.3 is 0 Å². The number of nitrogens with zero attached hydrogens (tertiary/aromatic N) is 2. The van der Waals surface area contributed by atoms with Crippen LogP contribution in [0.2, 0.25) is 0 Å². The predicted octanol–water partition coefficient (Wildman–Crippen LogP) is 2.73. The van der Waals surface area contributed by atoms with Gasteiger partial charge < -0.3 is 20.3 Å². The van der Waals surface area contributed by atoms with Gasteiger partial charge in [0.1, 0.15) is 5.75 Å². The van der Waals surface area contributed by atoms with Gasteiger partial charge in [0.25, 0.3) is 0 Å². The second kappa shape index (κ2) is 10.9. The normalized spacial score (nSPS) is 13.2. The number of rotatable bonds is 9. The van der Waals surface area contributed by atoms with Gasteiger partial charge in [0.05, 0.1) is 7.11 Å². The lowest BCUT2D eigenvalue weighted by Gasteiger charge is -2.32. The average molecular weight is 335 g/mol. The molecule has 0 radical (unpaired) electrons. The average Bonchev–Trinajstić information content (AvgIpc) is 2.60. The smallest absolute Gasteiger partial charge is 0.191 e. The fourth-order valence-corrected chi connectivity index (χ4v) is 3.05. The summed E-state index contributed by atoms with van der Waals surface area (Å²) in [4.78, 5) is 6.64. The van der Waals surface area contributed by atoms with Crippen molar-refractivity contribution in [1.29, 1.82) is 0 Å². The third-order valence-electron chi connectivity index (χ3n) is 4.60. The van der Waals surface area contributed by atoms with E-state index in [-0.39, 0.29) is 0 Å². The van der Waals surface area contributed by atoms with E-state index in [1.165, 1.54) is 12.8 Å². The van der Waals surface area contributed by atoms with Crippen LogP contribution in [0.3, 0.4) is 0 Å². The Labute approximate surface area is 147 Å². The third-order valence-corrected chi connectivity index (χ3v) is 4.60. The van der Waals surface area contributed by atoms with Crippen LogP contribution in [0.15, 0.2) is 29.3 Å². The van der Waals surface area contributed by atoms with Gasteiger partial charge in [0.2, 0.25) is 0 Å². The standard InChI is InChI=1S/C19H34N4O/c1-7-15(8-2)17(23(4)5)14-22-19(20-3)21-13-16-11-9-10-12-18(16)24-6/h9-12,15,17H,7-8,13-14H2,1-6H3,(H2,20,21,22). The van der Waals surface area contributed by atoms with Gasteiger partial charge in [0, 0.05) is 31.7 Å². The van der Waals surface area contributed by atoms with Crippen LogP contribution >= 0.6 is 0 Å². The van der Waals surface area contributed by atoms with Crippen molar-refractivity contribution in [2.75, 3.05) is 34.8 Å². The molecule has 1 atom stereocenters. The lowest BCUT2D eigenvalue weighted by Crippen LogP contribution is -2.47. The molecule has 0 aromatic heterocycles. The van der Waals surface area contributed by atoms with Crippen LogP contribution in [-0.2, 0) is 6.54 Å². The number of likely N-dealkylation sites (N-methyl/N-ethyl adjacent to an activating group) is 1. The summed E-state index contributed by atoms with van der Waals surface area (Å²) >= 11 is 0. The van der Waals surface area contributed by atoms with E-state index in [2.05, 4.69) is 54.5 Å². The van der Waals surface area contributed by atoms with E-state index < -0.39 is 0 Å². The first kappa shape index (κ1) is 20.3.